The maximum absolute atomic E-state index is 2.45. The molecule has 0 radical (unpaired) electrons. The molecule has 2 aromatic rings. The predicted molar refractivity (Wildman–Crippen MR) is 81.0 cm³/mol. The molecule has 2 heteroatoms. The van der Waals surface area contributed by atoms with Crippen LogP contribution in [-0.4, -0.2) is 18.8 Å². The quantitative estimate of drug-likeness (QED) is 0.745. The van der Waals surface area contributed by atoms with Crippen LogP contribution >= 0.6 is 7.26 Å². The Morgan fingerprint density at radius 3 is 1.33 bits per heavy atom. The average molecular weight is 260 g/mol. The Morgan fingerprint density at radius 2 is 1.00 bits per heavy atom. The van der Waals surface area contributed by atoms with E-state index in [4.69, 9.17) is 0 Å². The van der Waals surface area contributed by atoms with Crippen LogP contribution in [0.4, 0.5) is 0 Å². The van der Waals surface area contributed by atoms with Gasteiger partial charge in [-0.2, -0.15) is 0 Å². The summed E-state index contributed by atoms with van der Waals surface area (Å²) in [7, 11) is -0.886. The van der Waals surface area contributed by atoms with Gasteiger partial charge in [-0.15, -0.1) is 0 Å². The number of benzene rings is 2. The lowest BCUT2D eigenvalue weighted by molar-refractivity contribution is 0.824. The normalized spacial score (nSPS) is 10.8. The van der Waals surface area contributed by atoms with E-state index in [0.717, 1.165) is 0 Å². The topological polar surface area (TPSA) is 30.0 Å². The van der Waals surface area contributed by atoms with E-state index in [-0.39, 0.29) is 5.48 Å². The van der Waals surface area contributed by atoms with Gasteiger partial charge in [-0.05, 0) is 11.1 Å². The molecule has 0 heterocycles. The predicted octanol–water partition coefficient (Wildman–Crippen LogP) is 4.49. The Morgan fingerprint density at radius 1 is 0.667 bits per heavy atom. The van der Waals surface area contributed by atoms with Crippen molar-refractivity contribution in [3.63, 3.8) is 0 Å². The fourth-order valence-electron chi connectivity index (χ4n) is 2.21. The van der Waals surface area contributed by atoms with E-state index in [1.165, 1.54) is 23.5 Å². The molecule has 0 atom stereocenters. The van der Waals surface area contributed by atoms with Gasteiger partial charge in [0.2, 0.25) is 0 Å². The zero-order chi connectivity index (χ0) is 12.1. The van der Waals surface area contributed by atoms with Crippen molar-refractivity contribution in [1.82, 2.24) is 0 Å². The van der Waals surface area contributed by atoms with E-state index in [1.807, 2.05) is 0 Å². The molecule has 0 spiro atoms. The van der Waals surface area contributed by atoms with E-state index < -0.39 is 7.26 Å². The Balaban J connectivity index is 0.00000162. The van der Waals surface area contributed by atoms with Crippen LogP contribution in [0.5, 0.6) is 0 Å². The lowest BCUT2D eigenvalue weighted by Crippen LogP contribution is -1.97. The molecule has 1 nitrogen and oxygen atoms in total. The van der Waals surface area contributed by atoms with Gasteiger partial charge >= 0.3 is 0 Å². The van der Waals surface area contributed by atoms with Gasteiger partial charge in [0, 0.05) is 20.6 Å². The fraction of sp³-hybridized carbons (Fsp3) is 0.250. The molecule has 96 valence electrons. The molecule has 2 rings (SSSR count). The van der Waals surface area contributed by atoms with Gasteiger partial charge in [-0.3, -0.25) is 0 Å². The summed E-state index contributed by atoms with van der Waals surface area (Å²) in [5, 5.41) is 0. The lowest BCUT2D eigenvalue weighted by atomic mass is 10.2. The molecule has 0 aliphatic carbocycles. The van der Waals surface area contributed by atoms with Crippen LogP contribution in [-0.2, 0) is 12.3 Å². The van der Waals surface area contributed by atoms with E-state index in [0.29, 0.717) is 0 Å². The number of hydrogen-bond acceptors (Lipinski definition) is 1. The van der Waals surface area contributed by atoms with Gasteiger partial charge in [0.05, 0.1) is 12.3 Å². The molecule has 0 aromatic heterocycles. The summed E-state index contributed by atoms with van der Waals surface area (Å²) in [4.78, 5) is 0. The number of rotatable bonds is 4. The van der Waals surface area contributed by atoms with Crippen LogP contribution in [0.25, 0.3) is 0 Å². The van der Waals surface area contributed by atoms with E-state index >= 15 is 0 Å². The maximum atomic E-state index is 2.45. The summed E-state index contributed by atoms with van der Waals surface area (Å²) in [6.07, 6.45) is 2.48. The molecule has 0 saturated carbocycles. The molecule has 0 amide bonds. The summed E-state index contributed by atoms with van der Waals surface area (Å²) in [6, 6.07) is 21.7. The SMILES string of the molecule is C[P+](C)(Cc1ccccc1)Cc1ccccc1.[OH-]. The van der Waals surface area contributed by atoms with Crippen LogP contribution in [0.1, 0.15) is 11.1 Å². The summed E-state index contributed by atoms with van der Waals surface area (Å²) < 4.78 is 0. The second kappa shape index (κ2) is 6.68. The van der Waals surface area contributed by atoms with Crippen molar-refractivity contribution in [2.45, 2.75) is 12.3 Å². The third-order valence-corrected chi connectivity index (χ3v) is 5.35. The monoisotopic (exact) mass is 260 g/mol. The fourth-order valence-corrected chi connectivity index (χ4v) is 4.72. The van der Waals surface area contributed by atoms with Gasteiger partial charge in [-0.25, -0.2) is 0 Å². The van der Waals surface area contributed by atoms with E-state index in [2.05, 4.69) is 74.0 Å². The first-order valence-corrected chi connectivity index (χ1v) is 9.11. The Bertz CT molecular complexity index is 408. The van der Waals surface area contributed by atoms with Gasteiger partial charge in [-0.1, -0.05) is 60.7 Å². The van der Waals surface area contributed by atoms with E-state index in [9.17, 15) is 0 Å². The first kappa shape index (κ1) is 14.9. The molecule has 0 fully saturated rings. The Labute approximate surface area is 111 Å². The van der Waals surface area contributed by atoms with Crippen molar-refractivity contribution >= 4 is 7.26 Å². The van der Waals surface area contributed by atoms with Gasteiger partial charge < -0.3 is 5.48 Å². The highest BCUT2D eigenvalue weighted by molar-refractivity contribution is 7.72. The summed E-state index contributed by atoms with van der Waals surface area (Å²) >= 11 is 0. The first-order valence-electron chi connectivity index (χ1n) is 6.06. The zero-order valence-electron chi connectivity index (χ0n) is 11.1. The third kappa shape index (κ3) is 4.60. The molecule has 1 N–H and O–H groups in total. The second-order valence-corrected chi connectivity index (χ2v) is 9.73. The van der Waals surface area contributed by atoms with Crippen molar-refractivity contribution in [3.8, 4) is 0 Å². The number of hydrogen-bond donors (Lipinski definition) is 0. The zero-order valence-corrected chi connectivity index (χ0v) is 12.0. The van der Waals surface area contributed by atoms with Gasteiger partial charge in [0.25, 0.3) is 0 Å². The van der Waals surface area contributed by atoms with Crippen LogP contribution in [0.15, 0.2) is 60.7 Å². The first-order chi connectivity index (χ1) is 8.16. The lowest BCUT2D eigenvalue weighted by Gasteiger charge is -2.18. The van der Waals surface area contributed by atoms with Crippen LogP contribution in [0.3, 0.4) is 0 Å². The highest BCUT2D eigenvalue weighted by atomic mass is 31.2. The van der Waals surface area contributed by atoms with Crippen molar-refractivity contribution in [3.05, 3.63) is 71.8 Å². The molecule has 0 aliphatic rings. The minimum absolute atomic E-state index is 0. The Kier molecular flexibility index (Phi) is 5.53. The van der Waals surface area contributed by atoms with Gasteiger partial charge in [0.15, 0.2) is 0 Å². The summed E-state index contributed by atoms with van der Waals surface area (Å²) in [5.41, 5.74) is 2.95. The summed E-state index contributed by atoms with van der Waals surface area (Å²) in [6.45, 7) is 4.90. The largest absolute Gasteiger partial charge is 0.870 e. The van der Waals surface area contributed by atoms with Crippen molar-refractivity contribution in [2.24, 2.45) is 0 Å². The maximum Gasteiger partial charge on any atom is 0.0840 e. The van der Waals surface area contributed by atoms with Crippen molar-refractivity contribution in [2.75, 3.05) is 13.3 Å². The third-order valence-electron chi connectivity index (χ3n) is 2.91. The molecular weight excluding hydrogens is 239 g/mol. The summed E-state index contributed by atoms with van der Waals surface area (Å²) in [5.74, 6) is 0. The van der Waals surface area contributed by atoms with Crippen molar-refractivity contribution in [1.29, 1.82) is 0 Å². The van der Waals surface area contributed by atoms with Crippen LogP contribution < -0.4 is 0 Å². The van der Waals surface area contributed by atoms with Gasteiger partial charge in [0.1, 0.15) is 0 Å². The molecule has 18 heavy (non-hydrogen) atoms. The molecule has 0 unspecified atom stereocenters. The highest BCUT2D eigenvalue weighted by Gasteiger charge is 2.25. The Hall–Kier alpha value is -1.17. The highest BCUT2D eigenvalue weighted by Crippen LogP contribution is 2.57. The molecule has 0 saturated heterocycles. The van der Waals surface area contributed by atoms with Crippen molar-refractivity contribution < 1.29 is 5.48 Å². The van der Waals surface area contributed by atoms with Crippen LogP contribution in [0, 0.1) is 0 Å². The smallest absolute Gasteiger partial charge is 0.0840 e. The minimum Gasteiger partial charge on any atom is -0.870 e. The average Bonchev–Trinajstić information content (AvgIpc) is 2.30. The second-order valence-electron chi connectivity index (χ2n) is 5.22. The molecule has 0 aliphatic heterocycles. The van der Waals surface area contributed by atoms with E-state index in [1.54, 1.807) is 0 Å². The minimum atomic E-state index is -0.886. The molecule has 0 bridgehead atoms. The van der Waals surface area contributed by atoms with Crippen LogP contribution in [0.2, 0.25) is 0 Å². The molecule has 2 aromatic carbocycles. The standard InChI is InChI=1S/C16H20P.H2O/c1-17(2,13-15-9-5-3-6-10-15)14-16-11-7-4-8-12-16;/h3-12H,13-14H2,1-2H3;1H2/q+1;/p-1. The molecular formula is C16H21OP.